The minimum atomic E-state index is -3.55. The van der Waals surface area contributed by atoms with Crippen molar-refractivity contribution in [2.45, 2.75) is 14.7 Å². The Kier molecular flexibility index (Phi) is 8.06. The Bertz CT molecular complexity index is 1660. The summed E-state index contributed by atoms with van der Waals surface area (Å²) in [7, 11) is -10.7. The predicted molar refractivity (Wildman–Crippen MR) is 133 cm³/mol. The molecule has 0 fully saturated rings. The first-order valence-electron chi connectivity index (χ1n) is 10.2. The van der Waals surface area contributed by atoms with Crippen molar-refractivity contribution in [1.82, 2.24) is 14.2 Å². The third-order valence-corrected chi connectivity index (χ3v) is 9.11. The Morgan fingerprint density at radius 2 is 0.718 bits per heavy atom. The molecule has 0 bridgehead atoms. The molecule has 0 spiro atoms. The van der Waals surface area contributed by atoms with Gasteiger partial charge in [0, 0.05) is 0 Å². The van der Waals surface area contributed by atoms with Crippen molar-refractivity contribution in [1.29, 1.82) is 5.53 Å². The highest BCUT2D eigenvalue weighted by molar-refractivity contribution is 7.91. The normalized spacial score (nSPS) is 17.3. The number of fused-ring (bicyclic) bond motifs is 3. The summed E-state index contributed by atoms with van der Waals surface area (Å²) in [6.45, 7) is 0. The van der Waals surface area contributed by atoms with Crippen LogP contribution in [0, 0.1) is 5.53 Å². The van der Waals surface area contributed by atoms with Crippen molar-refractivity contribution in [2.24, 2.45) is 0 Å². The van der Waals surface area contributed by atoms with Gasteiger partial charge < -0.3 is 0 Å². The molecule has 18 heteroatoms. The van der Waals surface area contributed by atoms with E-state index in [0.717, 1.165) is 0 Å². The van der Waals surface area contributed by atoms with Crippen molar-refractivity contribution in [3.63, 3.8) is 0 Å². The van der Waals surface area contributed by atoms with E-state index in [1.807, 2.05) is 14.2 Å². The number of amides is 3. The molecule has 0 atom stereocenters. The molecular formula is C21H16N6O9S3. The van der Waals surface area contributed by atoms with Crippen LogP contribution in [0.4, 0.5) is 0 Å². The van der Waals surface area contributed by atoms with Crippen LogP contribution in [0.25, 0.3) is 10.4 Å². The Morgan fingerprint density at radius 1 is 0.513 bits per heavy atom. The lowest BCUT2D eigenvalue weighted by Crippen LogP contribution is -2.20. The lowest BCUT2D eigenvalue weighted by atomic mass is 10.2. The van der Waals surface area contributed by atoms with Gasteiger partial charge in [0.25, 0.3) is 47.8 Å². The van der Waals surface area contributed by atoms with Gasteiger partial charge in [-0.2, -0.15) is 0 Å². The fourth-order valence-electron chi connectivity index (χ4n) is 3.36. The number of benzene rings is 3. The lowest BCUT2D eigenvalue weighted by molar-refractivity contribution is 0.0976. The zero-order valence-corrected chi connectivity index (χ0v) is 21.7. The molecule has 3 amide bonds. The number of hydrogen-bond acceptors (Lipinski definition) is 10. The summed E-state index contributed by atoms with van der Waals surface area (Å²) < 4.78 is 72.5. The topological polar surface area (TPSA) is 250 Å². The average molecular weight is 593 g/mol. The third kappa shape index (κ3) is 6.04. The summed E-state index contributed by atoms with van der Waals surface area (Å²) in [6, 6.07) is 18.3. The van der Waals surface area contributed by atoms with Gasteiger partial charge in [0.15, 0.2) is 0 Å². The fourth-order valence-corrected chi connectivity index (χ4v) is 6.88. The molecule has 0 saturated heterocycles. The van der Waals surface area contributed by atoms with Crippen molar-refractivity contribution < 1.29 is 39.6 Å². The van der Waals surface area contributed by atoms with Crippen LogP contribution >= 0.6 is 0 Å². The van der Waals surface area contributed by atoms with E-state index in [9.17, 15) is 39.6 Å². The molecule has 3 aromatic carbocycles. The molecule has 15 nitrogen and oxygen atoms in total. The second kappa shape index (κ2) is 10.9. The highest BCUT2D eigenvalue weighted by Crippen LogP contribution is 2.22. The molecule has 6 rings (SSSR count). The molecule has 0 saturated carbocycles. The van der Waals surface area contributed by atoms with Gasteiger partial charge >= 0.3 is 0 Å². The van der Waals surface area contributed by atoms with Crippen LogP contribution in [0.2, 0.25) is 0 Å². The smallest absolute Gasteiger partial charge is 0.266 e. The van der Waals surface area contributed by atoms with Crippen LogP contribution in [0.5, 0.6) is 0 Å². The van der Waals surface area contributed by atoms with Gasteiger partial charge in [0.2, 0.25) is 0 Å². The van der Waals surface area contributed by atoms with Crippen molar-refractivity contribution >= 4 is 47.8 Å². The Morgan fingerprint density at radius 3 is 0.923 bits per heavy atom. The second-order valence-electron chi connectivity index (χ2n) is 7.39. The van der Waals surface area contributed by atoms with E-state index in [1.54, 1.807) is 41.3 Å². The Balaban J connectivity index is 0.000000154. The first kappa shape index (κ1) is 28.8. The Hall–Kier alpha value is -4.77. The van der Waals surface area contributed by atoms with Crippen LogP contribution in [0.1, 0.15) is 31.1 Å². The van der Waals surface area contributed by atoms with E-state index in [-0.39, 0.29) is 31.4 Å². The number of nitrogens with one attached hydrogen (secondary N) is 4. The quantitative estimate of drug-likeness (QED) is 0.166. The first-order chi connectivity index (χ1) is 18.2. The van der Waals surface area contributed by atoms with Gasteiger partial charge in [-0.15, -0.1) is 5.53 Å². The van der Waals surface area contributed by atoms with Gasteiger partial charge in [0.1, 0.15) is 14.7 Å². The van der Waals surface area contributed by atoms with E-state index in [2.05, 4.69) is 0 Å². The average Bonchev–Trinajstić information content (AvgIpc) is 3.37. The zero-order chi connectivity index (χ0) is 29.0. The molecule has 3 aliphatic heterocycles. The number of carbonyl (C=O) groups excluding carboxylic acids is 3. The minimum Gasteiger partial charge on any atom is -0.268 e. The van der Waals surface area contributed by atoms with Gasteiger partial charge in [0.05, 0.1) is 16.7 Å². The van der Waals surface area contributed by atoms with Crippen LogP contribution < -0.4 is 14.2 Å². The van der Waals surface area contributed by atoms with Gasteiger partial charge in [-0.3, -0.25) is 14.4 Å². The van der Waals surface area contributed by atoms with Crippen LogP contribution in [-0.2, 0) is 30.1 Å². The minimum absolute atomic E-state index is 0.0648. The molecule has 202 valence electrons. The van der Waals surface area contributed by atoms with E-state index in [0.29, 0.717) is 0 Å². The van der Waals surface area contributed by atoms with E-state index < -0.39 is 47.8 Å². The largest absolute Gasteiger partial charge is 0.268 e. The summed E-state index contributed by atoms with van der Waals surface area (Å²) in [4.78, 5) is 34.9. The number of rotatable bonds is 0. The van der Waals surface area contributed by atoms with Crippen LogP contribution in [-0.4, -0.2) is 43.0 Å². The SMILES string of the molecule is O=C1NS(=O)(=O)c2ccccc21.O=C1NS(=O)(=O)c2ccccc21.O=[12C]1NS(=O)(=O)c2ccccc21.[N-]=[N+]=N. The summed E-state index contributed by atoms with van der Waals surface area (Å²) in [5.41, 5.74) is 12.9. The number of carbonyl (C=O) groups is 3. The van der Waals surface area contributed by atoms with Gasteiger partial charge in [-0.05, 0) is 46.8 Å². The summed E-state index contributed by atoms with van der Waals surface area (Å²) in [5.74, 6) is -1.65. The second-order valence-corrected chi connectivity index (χ2v) is 12.3. The van der Waals surface area contributed by atoms with Crippen LogP contribution in [0.15, 0.2) is 87.5 Å². The van der Waals surface area contributed by atoms with E-state index >= 15 is 0 Å². The zero-order valence-electron chi connectivity index (χ0n) is 19.2. The van der Waals surface area contributed by atoms with E-state index in [1.165, 1.54) is 36.4 Å². The molecule has 3 heterocycles. The summed E-state index contributed by atoms with van der Waals surface area (Å²) in [6.07, 6.45) is 0. The molecule has 3 aliphatic rings. The third-order valence-electron chi connectivity index (χ3n) is 4.94. The molecule has 0 aliphatic carbocycles. The number of nitrogens with zero attached hydrogens (tertiary/aromatic N) is 2. The molecule has 0 radical (unpaired) electrons. The maximum Gasteiger partial charge on any atom is 0.266 e. The standard InChI is InChI=1S/3C7H5NO3S.HN3/c3*9-7-5-3-1-2-4-6(5)12(10,11)8-7;1-3-2/h3*1-4H,(H,8,9);1H/i7+0;;;. The number of hydrogen-bond donors (Lipinski definition) is 4. The van der Waals surface area contributed by atoms with Crippen molar-refractivity contribution in [3.8, 4) is 0 Å². The molecule has 4 N–H and O–H groups in total. The lowest BCUT2D eigenvalue weighted by Gasteiger charge is -1.91. The summed E-state index contributed by atoms with van der Waals surface area (Å²) >= 11 is 0. The van der Waals surface area contributed by atoms with E-state index in [4.69, 9.17) is 11.1 Å². The number of sulfonamides is 3. The predicted octanol–water partition coefficient (Wildman–Crippen LogP) is 1.23. The highest BCUT2D eigenvalue weighted by atomic mass is 32.2. The van der Waals surface area contributed by atoms with Crippen LogP contribution in [0.3, 0.4) is 0 Å². The molecule has 0 aromatic heterocycles. The fraction of sp³-hybridized carbons (Fsp3) is 0. The maximum atomic E-state index is 11.1. The summed E-state index contributed by atoms with van der Waals surface area (Å²) in [5, 5.41) is 0. The maximum absolute atomic E-state index is 11.1. The highest BCUT2D eigenvalue weighted by Gasteiger charge is 2.33. The van der Waals surface area contributed by atoms with Gasteiger partial charge in [-0.25, -0.2) is 39.4 Å². The van der Waals surface area contributed by atoms with Gasteiger partial charge in [-0.1, -0.05) is 36.4 Å². The Labute approximate surface area is 221 Å². The monoisotopic (exact) mass is 592 g/mol. The first-order valence-corrected chi connectivity index (χ1v) is 14.7. The molecule has 39 heavy (non-hydrogen) atoms. The van der Waals surface area contributed by atoms with Crippen molar-refractivity contribution in [3.05, 3.63) is 99.9 Å². The molecule has 0 unspecified atom stereocenters. The molecule has 3 aromatic rings. The van der Waals surface area contributed by atoms with Crippen molar-refractivity contribution in [2.75, 3.05) is 0 Å². The molecular weight excluding hydrogens is 576 g/mol.